The van der Waals surface area contributed by atoms with Crippen LogP contribution in [0.2, 0.25) is 5.02 Å². The topological polar surface area (TPSA) is 105 Å². The van der Waals surface area contributed by atoms with Gasteiger partial charge in [-0.25, -0.2) is 4.39 Å². The van der Waals surface area contributed by atoms with Crippen molar-refractivity contribution in [3.63, 3.8) is 0 Å². The van der Waals surface area contributed by atoms with E-state index in [9.17, 15) is 14.9 Å². The second-order valence-electron chi connectivity index (χ2n) is 9.06. The average Bonchev–Trinajstić information content (AvgIpc) is 3.57. The van der Waals surface area contributed by atoms with Crippen LogP contribution in [-0.4, -0.2) is 45.6 Å². The van der Waals surface area contributed by atoms with Crippen molar-refractivity contribution in [3.8, 4) is 18.4 Å². The van der Waals surface area contributed by atoms with Crippen LogP contribution in [0.15, 0.2) is 24.4 Å². The highest BCUT2D eigenvalue weighted by Crippen LogP contribution is 2.37. The number of piperidine rings is 1. The molecule has 34 heavy (non-hydrogen) atoms. The average molecular weight is 482 g/mol. The van der Waals surface area contributed by atoms with Gasteiger partial charge in [-0.05, 0) is 37.0 Å². The van der Waals surface area contributed by atoms with Crippen LogP contribution in [-0.2, 0) is 23.3 Å². The van der Waals surface area contributed by atoms with Crippen molar-refractivity contribution < 1.29 is 14.0 Å². The number of nitrogens with two attached hydrogens (primary N) is 1. The summed E-state index contributed by atoms with van der Waals surface area (Å²) < 4.78 is 17.2. The van der Waals surface area contributed by atoms with Gasteiger partial charge in [0.2, 0.25) is 0 Å². The maximum absolute atomic E-state index is 15.8. The van der Waals surface area contributed by atoms with Gasteiger partial charge in [0, 0.05) is 42.3 Å². The summed E-state index contributed by atoms with van der Waals surface area (Å²) in [5.41, 5.74) is 6.11. The SMILES string of the molecule is C#Cc1ccc(CN2CCC(CC#N)(n3cc(C(N)=O)c(CC(=O)C4CC4)n3)C(F)C2)c(Cl)c1. The first-order valence-electron chi connectivity index (χ1n) is 11.2. The van der Waals surface area contributed by atoms with Crippen LogP contribution in [0, 0.1) is 29.6 Å². The summed E-state index contributed by atoms with van der Waals surface area (Å²) in [7, 11) is 0. The molecule has 1 aromatic heterocycles. The Morgan fingerprint density at radius 2 is 2.15 bits per heavy atom. The van der Waals surface area contributed by atoms with E-state index in [0.29, 0.717) is 23.7 Å². The predicted molar refractivity (Wildman–Crippen MR) is 125 cm³/mol. The van der Waals surface area contributed by atoms with Gasteiger partial charge in [0.15, 0.2) is 0 Å². The summed E-state index contributed by atoms with van der Waals surface area (Å²) in [4.78, 5) is 26.3. The zero-order chi connectivity index (χ0) is 24.5. The lowest BCUT2D eigenvalue weighted by atomic mass is 9.83. The second-order valence-corrected chi connectivity index (χ2v) is 9.46. The van der Waals surface area contributed by atoms with E-state index in [1.54, 1.807) is 12.1 Å². The first-order valence-corrected chi connectivity index (χ1v) is 11.5. The van der Waals surface area contributed by atoms with Gasteiger partial charge in [-0.1, -0.05) is 23.6 Å². The number of Topliss-reactive ketones (excluding diaryl/α,β-unsaturated/α-hetero) is 1. The summed E-state index contributed by atoms with van der Waals surface area (Å²) in [6.07, 6.45) is 7.17. The maximum Gasteiger partial charge on any atom is 0.252 e. The molecule has 1 amide bonds. The third kappa shape index (κ3) is 4.70. The second kappa shape index (κ2) is 9.58. The minimum absolute atomic E-state index is 0.00133. The number of likely N-dealkylation sites (tertiary alicyclic amines) is 1. The van der Waals surface area contributed by atoms with Crippen LogP contribution < -0.4 is 5.73 Å². The van der Waals surface area contributed by atoms with Crippen molar-refractivity contribution >= 4 is 23.3 Å². The molecule has 1 aliphatic carbocycles. The van der Waals surface area contributed by atoms with E-state index in [4.69, 9.17) is 23.8 Å². The van der Waals surface area contributed by atoms with Gasteiger partial charge in [-0.15, -0.1) is 6.42 Å². The number of amides is 1. The zero-order valence-electron chi connectivity index (χ0n) is 18.6. The van der Waals surface area contributed by atoms with Gasteiger partial charge in [0.25, 0.3) is 5.91 Å². The number of ketones is 1. The molecule has 4 rings (SSSR count). The highest BCUT2D eigenvalue weighted by Gasteiger charge is 2.47. The Kier molecular flexibility index (Phi) is 6.74. The molecule has 9 heteroatoms. The zero-order valence-corrected chi connectivity index (χ0v) is 19.4. The van der Waals surface area contributed by atoms with Crippen LogP contribution in [0.5, 0.6) is 0 Å². The lowest BCUT2D eigenvalue weighted by Gasteiger charge is -2.43. The van der Waals surface area contributed by atoms with E-state index in [2.05, 4.69) is 17.1 Å². The minimum Gasteiger partial charge on any atom is -0.365 e. The predicted octanol–water partition coefficient (Wildman–Crippen LogP) is 2.99. The van der Waals surface area contributed by atoms with Crippen molar-refractivity contribution in [1.82, 2.24) is 14.7 Å². The number of aromatic nitrogens is 2. The molecule has 0 bridgehead atoms. The molecule has 1 saturated carbocycles. The molecule has 7 nitrogen and oxygen atoms in total. The van der Waals surface area contributed by atoms with Crippen molar-refractivity contribution in [2.24, 2.45) is 11.7 Å². The van der Waals surface area contributed by atoms with Gasteiger partial charge in [-0.2, -0.15) is 10.4 Å². The molecule has 2 atom stereocenters. The number of hydrogen-bond donors (Lipinski definition) is 1. The monoisotopic (exact) mass is 481 g/mol. The Hall–Kier alpha value is -3.20. The number of benzene rings is 1. The molecule has 2 unspecified atom stereocenters. The molecule has 1 aliphatic heterocycles. The molecule has 2 aromatic rings. The van der Waals surface area contributed by atoms with Crippen molar-refractivity contribution in [2.45, 2.75) is 50.4 Å². The van der Waals surface area contributed by atoms with E-state index >= 15 is 4.39 Å². The molecular formula is C25H25ClFN5O2. The summed E-state index contributed by atoms with van der Waals surface area (Å²) >= 11 is 6.34. The van der Waals surface area contributed by atoms with Gasteiger partial charge in [-0.3, -0.25) is 19.2 Å². The number of nitriles is 1. The van der Waals surface area contributed by atoms with Crippen LogP contribution in [0.4, 0.5) is 4.39 Å². The number of terminal acetylenes is 1. The molecule has 1 aromatic carbocycles. The number of hydrogen-bond acceptors (Lipinski definition) is 5. The van der Waals surface area contributed by atoms with Gasteiger partial charge in [0.05, 0.1) is 30.2 Å². The normalized spacial score (nSPS) is 22.6. The molecule has 176 valence electrons. The molecule has 2 heterocycles. The van der Waals surface area contributed by atoms with E-state index in [1.807, 2.05) is 11.0 Å². The van der Waals surface area contributed by atoms with Gasteiger partial charge >= 0.3 is 0 Å². The largest absolute Gasteiger partial charge is 0.365 e. The molecular weight excluding hydrogens is 457 g/mol. The minimum atomic E-state index is -1.45. The summed E-state index contributed by atoms with van der Waals surface area (Å²) in [5, 5.41) is 14.5. The lowest BCUT2D eigenvalue weighted by Crippen LogP contribution is -2.54. The Morgan fingerprint density at radius 1 is 1.38 bits per heavy atom. The Morgan fingerprint density at radius 3 is 2.74 bits per heavy atom. The molecule has 2 aliphatic rings. The fraction of sp³-hybridized carbons (Fsp3) is 0.440. The van der Waals surface area contributed by atoms with Gasteiger partial charge in [0.1, 0.15) is 17.5 Å². The smallest absolute Gasteiger partial charge is 0.252 e. The Balaban J connectivity index is 1.57. The van der Waals surface area contributed by atoms with E-state index in [-0.39, 0.29) is 48.8 Å². The third-order valence-electron chi connectivity index (χ3n) is 6.75. The Bertz CT molecular complexity index is 1210. The fourth-order valence-electron chi connectivity index (χ4n) is 4.51. The highest BCUT2D eigenvalue weighted by molar-refractivity contribution is 6.31. The maximum atomic E-state index is 15.8. The molecule has 2 fully saturated rings. The molecule has 0 spiro atoms. The van der Waals surface area contributed by atoms with Gasteiger partial charge < -0.3 is 5.73 Å². The molecule has 1 saturated heterocycles. The number of nitrogens with zero attached hydrogens (tertiary/aromatic N) is 4. The van der Waals surface area contributed by atoms with Crippen LogP contribution in [0.25, 0.3) is 0 Å². The summed E-state index contributed by atoms with van der Waals surface area (Å²) in [6, 6.07) is 7.40. The number of carbonyl (C=O) groups is 2. The van der Waals surface area contributed by atoms with Crippen LogP contribution in [0.3, 0.4) is 0 Å². The lowest BCUT2D eigenvalue weighted by molar-refractivity contribution is -0.119. The van der Waals surface area contributed by atoms with Crippen molar-refractivity contribution in [3.05, 3.63) is 51.8 Å². The molecule has 0 radical (unpaired) electrons. The number of primary amides is 1. The molecule has 2 N–H and O–H groups in total. The van der Waals surface area contributed by atoms with E-state index in [0.717, 1.165) is 18.4 Å². The summed E-state index contributed by atoms with van der Waals surface area (Å²) in [5.74, 6) is 1.80. The van der Waals surface area contributed by atoms with Crippen molar-refractivity contribution in [1.29, 1.82) is 5.26 Å². The van der Waals surface area contributed by atoms with Crippen LogP contribution >= 0.6 is 11.6 Å². The number of carbonyl (C=O) groups excluding carboxylic acids is 2. The van der Waals surface area contributed by atoms with E-state index in [1.165, 1.54) is 10.9 Å². The van der Waals surface area contributed by atoms with E-state index < -0.39 is 17.6 Å². The first kappa shape index (κ1) is 23.9. The fourth-order valence-corrected chi connectivity index (χ4v) is 4.75. The highest BCUT2D eigenvalue weighted by atomic mass is 35.5. The number of halogens is 2. The standard InChI is InChI=1S/C25H25ClFN5O2/c1-2-16-3-4-18(20(26)11-16)13-31-10-8-25(7-9-28,23(27)15-31)32-14-19(24(29)34)21(30-32)12-22(33)17-5-6-17/h1,3-4,11,14,17,23H,5-8,10,12-13,15H2,(H2,29,34). The first-order chi connectivity index (χ1) is 16.3. The summed E-state index contributed by atoms with van der Waals surface area (Å²) in [6.45, 7) is 0.966. The number of alkyl halides is 1. The quantitative estimate of drug-likeness (QED) is 0.583. The third-order valence-corrected chi connectivity index (χ3v) is 7.10. The Labute approximate surface area is 202 Å². The van der Waals surface area contributed by atoms with Crippen LogP contribution in [0.1, 0.15) is 52.9 Å². The number of rotatable bonds is 8. The van der Waals surface area contributed by atoms with Crippen molar-refractivity contribution in [2.75, 3.05) is 13.1 Å².